The standard InChI is InChI=1S/C15H11ClN2O3/c1-2-21-15(20)10-8-17-13-7-11(16)9-5-3-4-6-12(9)18(13)14(10)19/h3-8H,2H2,1H3. The molecular weight excluding hydrogens is 292 g/mol. The number of pyridine rings is 1. The second-order valence-corrected chi connectivity index (χ2v) is 4.81. The van der Waals surface area contributed by atoms with Crippen molar-refractivity contribution in [1.82, 2.24) is 9.38 Å². The Bertz CT molecular complexity index is 918. The van der Waals surface area contributed by atoms with Gasteiger partial charge in [-0.3, -0.25) is 9.20 Å². The van der Waals surface area contributed by atoms with Gasteiger partial charge in [0, 0.05) is 17.6 Å². The maximum absolute atomic E-state index is 12.5. The summed E-state index contributed by atoms with van der Waals surface area (Å²) in [5.41, 5.74) is 0.425. The van der Waals surface area contributed by atoms with E-state index in [1.807, 2.05) is 6.07 Å². The van der Waals surface area contributed by atoms with E-state index >= 15 is 0 Å². The molecule has 0 aliphatic heterocycles. The van der Waals surface area contributed by atoms with Crippen LogP contribution in [0.1, 0.15) is 17.3 Å². The van der Waals surface area contributed by atoms with Crippen molar-refractivity contribution in [2.45, 2.75) is 6.92 Å². The molecule has 0 atom stereocenters. The van der Waals surface area contributed by atoms with Gasteiger partial charge < -0.3 is 4.74 Å². The number of carbonyl (C=O) groups is 1. The molecule has 0 aliphatic rings. The Morgan fingerprint density at radius 2 is 2.14 bits per heavy atom. The monoisotopic (exact) mass is 302 g/mol. The number of fused-ring (bicyclic) bond motifs is 3. The van der Waals surface area contributed by atoms with E-state index in [0.29, 0.717) is 16.2 Å². The highest BCUT2D eigenvalue weighted by Gasteiger charge is 2.16. The Balaban J connectivity index is 2.42. The van der Waals surface area contributed by atoms with Gasteiger partial charge in [-0.2, -0.15) is 0 Å². The number of esters is 1. The molecule has 0 amide bonds. The normalized spacial score (nSPS) is 11.0. The third kappa shape index (κ3) is 2.15. The molecule has 0 saturated heterocycles. The number of carbonyl (C=O) groups excluding carboxylic acids is 1. The van der Waals surface area contributed by atoms with E-state index in [9.17, 15) is 9.59 Å². The number of nitrogens with zero attached hydrogens (tertiary/aromatic N) is 2. The first kappa shape index (κ1) is 13.6. The Morgan fingerprint density at radius 1 is 1.38 bits per heavy atom. The number of halogens is 1. The zero-order chi connectivity index (χ0) is 15.0. The van der Waals surface area contributed by atoms with Crippen LogP contribution in [0.5, 0.6) is 0 Å². The van der Waals surface area contributed by atoms with Crippen molar-refractivity contribution >= 4 is 34.1 Å². The molecule has 3 rings (SSSR count). The molecule has 1 aromatic carbocycles. The molecular formula is C15H11ClN2O3. The maximum Gasteiger partial charge on any atom is 0.345 e. The van der Waals surface area contributed by atoms with E-state index < -0.39 is 11.5 Å². The summed E-state index contributed by atoms with van der Waals surface area (Å²) in [7, 11) is 0. The van der Waals surface area contributed by atoms with Crippen LogP contribution in [0.15, 0.2) is 41.3 Å². The topological polar surface area (TPSA) is 60.7 Å². The van der Waals surface area contributed by atoms with Crippen molar-refractivity contribution in [2.24, 2.45) is 0 Å². The van der Waals surface area contributed by atoms with Gasteiger partial charge in [0.2, 0.25) is 0 Å². The summed E-state index contributed by atoms with van der Waals surface area (Å²) in [6.45, 7) is 1.88. The van der Waals surface area contributed by atoms with Crippen molar-refractivity contribution in [3.8, 4) is 0 Å². The van der Waals surface area contributed by atoms with Gasteiger partial charge in [0.15, 0.2) is 0 Å². The van der Waals surface area contributed by atoms with Crippen LogP contribution in [0.25, 0.3) is 16.6 Å². The van der Waals surface area contributed by atoms with Crippen molar-refractivity contribution in [3.05, 3.63) is 57.5 Å². The minimum Gasteiger partial charge on any atom is -0.462 e. The lowest BCUT2D eigenvalue weighted by Crippen LogP contribution is -2.24. The fourth-order valence-electron chi connectivity index (χ4n) is 2.21. The highest BCUT2D eigenvalue weighted by atomic mass is 35.5. The van der Waals surface area contributed by atoms with Crippen LogP contribution in [0.4, 0.5) is 0 Å². The number of ether oxygens (including phenoxy) is 1. The number of rotatable bonds is 2. The molecule has 0 radical (unpaired) electrons. The Kier molecular flexibility index (Phi) is 3.35. The molecule has 0 spiro atoms. The van der Waals surface area contributed by atoms with Crippen LogP contribution in [-0.2, 0) is 4.74 Å². The van der Waals surface area contributed by atoms with Crippen molar-refractivity contribution in [1.29, 1.82) is 0 Å². The van der Waals surface area contributed by atoms with Gasteiger partial charge in [-0.1, -0.05) is 29.8 Å². The third-order valence-corrected chi connectivity index (χ3v) is 3.45. The third-order valence-electron chi connectivity index (χ3n) is 3.14. The summed E-state index contributed by atoms with van der Waals surface area (Å²) in [4.78, 5) is 28.5. The largest absolute Gasteiger partial charge is 0.462 e. The molecule has 0 saturated carbocycles. The molecule has 0 aliphatic carbocycles. The van der Waals surface area contributed by atoms with Crippen molar-refractivity contribution in [2.75, 3.05) is 6.61 Å². The SMILES string of the molecule is CCOC(=O)c1cnc2cc(Cl)c3ccccc3n2c1=O. The fourth-order valence-corrected chi connectivity index (χ4v) is 2.47. The number of hydrogen-bond acceptors (Lipinski definition) is 4. The molecule has 106 valence electrons. The minimum atomic E-state index is -0.677. The number of para-hydroxylation sites is 1. The molecule has 6 heteroatoms. The lowest BCUT2D eigenvalue weighted by Gasteiger charge is -2.08. The first-order valence-electron chi connectivity index (χ1n) is 6.39. The van der Waals surface area contributed by atoms with E-state index in [0.717, 1.165) is 5.39 Å². The van der Waals surface area contributed by atoms with E-state index in [2.05, 4.69) is 4.98 Å². The Labute approximate surface area is 124 Å². The smallest absolute Gasteiger partial charge is 0.345 e. The fraction of sp³-hybridized carbons (Fsp3) is 0.133. The zero-order valence-electron chi connectivity index (χ0n) is 11.2. The summed E-state index contributed by atoms with van der Waals surface area (Å²) < 4.78 is 6.24. The molecule has 5 nitrogen and oxygen atoms in total. The van der Waals surface area contributed by atoms with Gasteiger partial charge in [-0.05, 0) is 13.0 Å². The maximum atomic E-state index is 12.5. The van der Waals surface area contributed by atoms with Crippen LogP contribution in [-0.4, -0.2) is 22.0 Å². The van der Waals surface area contributed by atoms with Crippen LogP contribution >= 0.6 is 11.6 Å². The molecule has 0 unspecified atom stereocenters. The second-order valence-electron chi connectivity index (χ2n) is 4.40. The van der Waals surface area contributed by atoms with Gasteiger partial charge in [0.25, 0.3) is 5.56 Å². The van der Waals surface area contributed by atoms with Crippen molar-refractivity contribution in [3.63, 3.8) is 0 Å². The number of benzene rings is 1. The van der Waals surface area contributed by atoms with Gasteiger partial charge in [-0.25, -0.2) is 9.78 Å². The van der Waals surface area contributed by atoms with Gasteiger partial charge in [0.1, 0.15) is 11.2 Å². The van der Waals surface area contributed by atoms with Gasteiger partial charge in [-0.15, -0.1) is 0 Å². The summed E-state index contributed by atoms with van der Waals surface area (Å²) in [5.74, 6) is -0.677. The van der Waals surface area contributed by atoms with E-state index in [-0.39, 0.29) is 12.2 Å². The minimum absolute atomic E-state index is 0.0955. The molecule has 21 heavy (non-hydrogen) atoms. The summed E-state index contributed by atoms with van der Waals surface area (Å²) in [6.07, 6.45) is 1.22. The lowest BCUT2D eigenvalue weighted by molar-refractivity contribution is 0.0523. The predicted molar refractivity (Wildman–Crippen MR) is 79.9 cm³/mol. The predicted octanol–water partition coefficient (Wildman–Crippen LogP) is 2.68. The van der Waals surface area contributed by atoms with Gasteiger partial charge >= 0.3 is 5.97 Å². The number of hydrogen-bond donors (Lipinski definition) is 0. The molecule has 0 N–H and O–H groups in total. The average Bonchev–Trinajstić information content (AvgIpc) is 2.48. The highest BCUT2D eigenvalue weighted by molar-refractivity contribution is 6.35. The Morgan fingerprint density at radius 3 is 2.90 bits per heavy atom. The summed E-state index contributed by atoms with van der Waals surface area (Å²) in [5, 5.41) is 1.22. The molecule has 0 fully saturated rings. The molecule has 2 aromatic heterocycles. The van der Waals surface area contributed by atoms with Crippen molar-refractivity contribution < 1.29 is 9.53 Å². The first-order valence-corrected chi connectivity index (χ1v) is 6.77. The first-order chi connectivity index (χ1) is 10.1. The van der Waals surface area contributed by atoms with Crippen LogP contribution in [0, 0.1) is 0 Å². The van der Waals surface area contributed by atoms with Crippen LogP contribution in [0.3, 0.4) is 0 Å². The zero-order valence-corrected chi connectivity index (χ0v) is 11.9. The number of aromatic nitrogens is 2. The second kappa shape index (κ2) is 5.18. The highest BCUT2D eigenvalue weighted by Crippen LogP contribution is 2.24. The van der Waals surface area contributed by atoms with E-state index in [1.54, 1.807) is 31.2 Å². The van der Waals surface area contributed by atoms with E-state index in [1.165, 1.54) is 10.6 Å². The van der Waals surface area contributed by atoms with Crippen LogP contribution < -0.4 is 5.56 Å². The van der Waals surface area contributed by atoms with E-state index in [4.69, 9.17) is 16.3 Å². The Hall–Kier alpha value is -2.40. The van der Waals surface area contributed by atoms with Gasteiger partial charge in [0.05, 0.1) is 17.1 Å². The van der Waals surface area contributed by atoms with Crippen LogP contribution in [0.2, 0.25) is 5.02 Å². The molecule has 3 aromatic rings. The summed E-state index contributed by atoms with van der Waals surface area (Å²) >= 11 is 6.19. The lowest BCUT2D eigenvalue weighted by atomic mass is 10.2. The molecule has 0 bridgehead atoms. The summed E-state index contributed by atoms with van der Waals surface area (Å²) in [6, 6.07) is 8.78. The average molecular weight is 303 g/mol. The quantitative estimate of drug-likeness (QED) is 0.539. The molecule has 2 heterocycles.